The van der Waals surface area contributed by atoms with Crippen molar-refractivity contribution >= 4 is 23.3 Å². The fourth-order valence-corrected chi connectivity index (χ4v) is 3.18. The van der Waals surface area contributed by atoms with E-state index in [2.05, 4.69) is 27.7 Å². The molecule has 1 heterocycles. The minimum Gasteiger partial charge on any atom is -0.378 e. The minimum absolute atomic E-state index is 0.0405. The Morgan fingerprint density at radius 3 is 2.59 bits per heavy atom. The molecular weight excluding hydrogens is 368 g/mol. The molecule has 0 aromatic heterocycles. The predicted octanol–water partition coefficient (Wildman–Crippen LogP) is 2.81. The summed E-state index contributed by atoms with van der Waals surface area (Å²) >= 11 is 0. The Morgan fingerprint density at radius 1 is 1.07 bits per heavy atom. The molecule has 1 aliphatic rings. The third kappa shape index (κ3) is 6.22. The van der Waals surface area contributed by atoms with Crippen LogP contribution in [0.4, 0.5) is 16.2 Å². The van der Waals surface area contributed by atoms with Gasteiger partial charge in [0.15, 0.2) is 0 Å². The highest BCUT2D eigenvalue weighted by molar-refractivity contribution is 5.97. The Kier molecular flexibility index (Phi) is 7.47. The Balaban J connectivity index is 1.42. The number of ether oxygens (including phenoxy) is 1. The first-order valence-electron chi connectivity index (χ1n) is 9.91. The summed E-state index contributed by atoms with van der Waals surface area (Å²) in [5.41, 5.74) is 2.32. The van der Waals surface area contributed by atoms with Gasteiger partial charge in [-0.25, -0.2) is 4.79 Å². The van der Waals surface area contributed by atoms with Crippen LogP contribution in [0.5, 0.6) is 0 Å². The third-order valence-electron chi connectivity index (χ3n) is 4.82. The number of para-hydroxylation sites is 1. The van der Waals surface area contributed by atoms with E-state index in [1.54, 1.807) is 29.2 Å². The lowest BCUT2D eigenvalue weighted by Gasteiger charge is -2.27. The second-order valence-corrected chi connectivity index (χ2v) is 6.98. The van der Waals surface area contributed by atoms with Crippen molar-refractivity contribution in [1.82, 2.24) is 10.2 Å². The standard InChI is InChI=1S/C22H28N4O3/c1-25(20-9-3-2-4-10-20)12-6-11-23-22(28)24-19-8-5-7-18(17-19)21(27)26-13-15-29-16-14-26/h2-5,7-10,17H,6,11-16H2,1H3,(H2,23,24,28). The molecule has 0 aliphatic carbocycles. The summed E-state index contributed by atoms with van der Waals surface area (Å²) in [5, 5.41) is 5.66. The molecule has 0 unspecified atom stereocenters. The number of carbonyl (C=O) groups excluding carboxylic acids is 2. The summed E-state index contributed by atoms with van der Waals surface area (Å²) in [4.78, 5) is 28.7. The lowest BCUT2D eigenvalue weighted by Crippen LogP contribution is -2.40. The first-order chi connectivity index (χ1) is 14.1. The lowest BCUT2D eigenvalue weighted by atomic mass is 10.1. The van der Waals surface area contributed by atoms with Gasteiger partial charge in [-0.2, -0.15) is 0 Å². The first kappa shape index (κ1) is 20.7. The van der Waals surface area contributed by atoms with Crippen LogP contribution in [0.1, 0.15) is 16.8 Å². The SMILES string of the molecule is CN(CCCNC(=O)Nc1cccc(C(=O)N2CCOCC2)c1)c1ccccc1. The average molecular weight is 396 g/mol. The summed E-state index contributed by atoms with van der Waals surface area (Å²) in [5.74, 6) is -0.0405. The third-order valence-corrected chi connectivity index (χ3v) is 4.82. The van der Waals surface area contributed by atoms with Gasteiger partial charge in [-0.05, 0) is 36.8 Å². The number of rotatable bonds is 7. The van der Waals surface area contributed by atoms with Gasteiger partial charge in [0.05, 0.1) is 13.2 Å². The summed E-state index contributed by atoms with van der Waals surface area (Å²) in [6, 6.07) is 16.9. The number of carbonyl (C=O) groups is 2. The van der Waals surface area contributed by atoms with E-state index in [0.29, 0.717) is 44.1 Å². The van der Waals surface area contributed by atoms with Gasteiger partial charge in [0.2, 0.25) is 0 Å². The number of hydrogen-bond donors (Lipinski definition) is 2. The maximum Gasteiger partial charge on any atom is 0.319 e. The normalized spacial score (nSPS) is 13.6. The van der Waals surface area contributed by atoms with Crippen LogP contribution >= 0.6 is 0 Å². The van der Waals surface area contributed by atoms with Gasteiger partial charge in [0.25, 0.3) is 5.91 Å². The van der Waals surface area contributed by atoms with Crippen LogP contribution in [0, 0.1) is 0 Å². The number of urea groups is 1. The van der Waals surface area contributed by atoms with Crippen LogP contribution in [0.15, 0.2) is 54.6 Å². The van der Waals surface area contributed by atoms with Gasteiger partial charge in [-0.15, -0.1) is 0 Å². The maximum atomic E-state index is 12.6. The van der Waals surface area contributed by atoms with Crippen LogP contribution in [0.2, 0.25) is 0 Å². The topological polar surface area (TPSA) is 73.9 Å². The molecule has 154 valence electrons. The molecule has 3 amide bonds. The van der Waals surface area contributed by atoms with Gasteiger partial charge >= 0.3 is 6.03 Å². The fraction of sp³-hybridized carbons (Fsp3) is 0.364. The zero-order chi connectivity index (χ0) is 20.5. The number of benzene rings is 2. The van der Waals surface area contributed by atoms with Crippen molar-refractivity contribution in [2.75, 3.05) is 56.7 Å². The van der Waals surface area contributed by atoms with Crippen molar-refractivity contribution in [2.45, 2.75) is 6.42 Å². The number of anilines is 2. The van der Waals surface area contributed by atoms with Crippen LogP contribution < -0.4 is 15.5 Å². The van der Waals surface area contributed by atoms with Gasteiger partial charge < -0.3 is 25.2 Å². The quantitative estimate of drug-likeness (QED) is 0.706. The molecule has 2 aromatic carbocycles. The molecule has 7 nitrogen and oxygen atoms in total. The van der Waals surface area contributed by atoms with E-state index in [4.69, 9.17) is 4.74 Å². The van der Waals surface area contributed by atoms with Crippen molar-refractivity contribution in [3.05, 3.63) is 60.2 Å². The molecule has 29 heavy (non-hydrogen) atoms. The lowest BCUT2D eigenvalue weighted by molar-refractivity contribution is 0.0303. The molecule has 3 rings (SSSR count). The highest BCUT2D eigenvalue weighted by Gasteiger charge is 2.18. The Morgan fingerprint density at radius 2 is 1.83 bits per heavy atom. The van der Waals surface area contributed by atoms with E-state index in [-0.39, 0.29) is 11.9 Å². The Bertz CT molecular complexity index is 807. The molecule has 0 bridgehead atoms. The number of amides is 3. The largest absolute Gasteiger partial charge is 0.378 e. The van der Waals surface area contributed by atoms with Crippen LogP contribution in [0.3, 0.4) is 0 Å². The predicted molar refractivity (Wildman–Crippen MR) is 115 cm³/mol. The molecule has 0 atom stereocenters. The number of hydrogen-bond acceptors (Lipinski definition) is 4. The molecule has 7 heteroatoms. The van der Waals surface area contributed by atoms with Crippen LogP contribution in [-0.2, 0) is 4.74 Å². The molecule has 2 aromatic rings. The van der Waals surface area contributed by atoms with Crippen molar-refractivity contribution in [1.29, 1.82) is 0 Å². The van der Waals surface area contributed by atoms with E-state index >= 15 is 0 Å². The van der Waals surface area contributed by atoms with Gasteiger partial charge in [-0.3, -0.25) is 4.79 Å². The highest BCUT2D eigenvalue weighted by atomic mass is 16.5. The zero-order valence-electron chi connectivity index (χ0n) is 16.8. The van der Waals surface area contributed by atoms with E-state index in [1.165, 1.54) is 0 Å². The Hall–Kier alpha value is -3.06. The molecule has 0 radical (unpaired) electrons. The van der Waals surface area contributed by atoms with Gasteiger partial charge in [0, 0.05) is 50.2 Å². The summed E-state index contributed by atoms with van der Waals surface area (Å²) in [7, 11) is 2.03. The average Bonchev–Trinajstić information content (AvgIpc) is 2.77. The minimum atomic E-state index is -0.275. The fourth-order valence-electron chi connectivity index (χ4n) is 3.18. The highest BCUT2D eigenvalue weighted by Crippen LogP contribution is 2.14. The summed E-state index contributed by atoms with van der Waals surface area (Å²) in [6.45, 7) is 3.71. The van der Waals surface area contributed by atoms with Gasteiger partial charge in [-0.1, -0.05) is 24.3 Å². The molecule has 1 aliphatic heterocycles. The van der Waals surface area contributed by atoms with Crippen LogP contribution in [-0.4, -0.2) is 63.3 Å². The van der Waals surface area contributed by atoms with Crippen molar-refractivity contribution in [3.63, 3.8) is 0 Å². The second kappa shape index (κ2) is 10.5. The van der Waals surface area contributed by atoms with E-state index in [1.807, 2.05) is 25.2 Å². The molecule has 0 saturated carbocycles. The second-order valence-electron chi connectivity index (χ2n) is 6.98. The molecule has 2 N–H and O–H groups in total. The van der Waals surface area contributed by atoms with Crippen molar-refractivity contribution < 1.29 is 14.3 Å². The van der Waals surface area contributed by atoms with Crippen LogP contribution in [0.25, 0.3) is 0 Å². The maximum absolute atomic E-state index is 12.6. The van der Waals surface area contributed by atoms with E-state index < -0.39 is 0 Å². The van der Waals surface area contributed by atoms with Crippen molar-refractivity contribution in [2.24, 2.45) is 0 Å². The first-order valence-corrected chi connectivity index (χ1v) is 9.91. The van der Waals surface area contributed by atoms with Crippen molar-refractivity contribution in [3.8, 4) is 0 Å². The summed E-state index contributed by atoms with van der Waals surface area (Å²) in [6.07, 6.45) is 0.828. The zero-order valence-corrected chi connectivity index (χ0v) is 16.8. The number of morpholine rings is 1. The smallest absolute Gasteiger partial charge is 0.319 e. The molecule has 1 fully saturated rings. The summed E-state index contributed by atoms with van der Waals surface area (Å²) < 4.78 is 5.29. The molecule has 1 saturated heterocycles. The number of nitrogens with one attached hydrogen (secondary N) is 2. The van der Waals surface area contributed by atoms with Gasteiger partial charge in [0.1, 0.15) is 0 Å². The monoisotopic (exact) mass is 396 g/mol. The number of nitrogens with zero attached hydrogens (tertiary/aromatic N) is 2. The van der Waals surface area contributed by atoms with E-state index in [9.17, 15) is 9.59 Å². The molecule has 0 spiro atoms. The molecular formula is C22H28N4O3. The van der Waals surface area contributed by atoms with E-state index in [0.717, 1.165) is 18.7 Å². The Labute approximate surface area is 171 Å².